The zero-order valence-corrected chi connectivity index (χ0v) is 14.2. The van der Waals surface area contributed by atoms with E-state index < -0.39 is 26.7 Å². The lowest BCUT2D eigenvalue weighted by atomic mass is 10.2. The Morgan fingerprint density at radius 2 is 1.92 bits per heavy atom. The Morgan fingerprint density at radius 1 is 1.21 bits per heavy atom. The number of alkyl halides is 3. The van der Waals surface area contributed by atoms with E-state index >= 15 is 0 Å². The van der Waals surface area contributed by atoms with Gasteiger partial charge in [-0.05, 0) is 30.3 Å². The minimum atomic E-state index is -4.65. The van der Waals surface area contributed by atoms with Crippen molar-refractivity contribution >= 4 is 21.6 Å². The third-order valence-corrected chi connectivity index (χ3v) is 5.69. The predicted molar refractivity (Wildman–Crippen MR) is 84.2 cm³/mol. The lowest BCUT2D eigenvalue weighted by Crippen LogP contribution is -2.29. The maximum absolute atomic E-state index is 12.8. The first-order valence-corrected chi connectivity index (χ1v) is 8.67. The van der Waals surface area contributed by atoms with E-state index in [9.17, 15) is 21.6 Å². The minimum Gasteiger partial charge on any atom is -0.261 e. The molecular weight excluding hydrogens is 365 g/mol. The van der Waals surface area contributed by atoms with Gasteiger partial charge in [0.2, 0.25) is 10.0 Å². The Kier molecular flexibility index (Phi) is 5.52. The summed E-state index contributed by atoms with van der Waals surface area (Å²) in [5.74, 6) is 0. The molecule has 0 amide bonds. The van der Waals surface area contributed by atoms with Crippen LogP contribution in [0.5, 0.6) is 0 Å². The Labute approximate surface area is 142 Å². The second kappa shape index (κ2) is 7.08. The van der Waals surface area contributed by atoms with Crippen molar-refractivity contribution in [1.82, 2.24) is 9.29 Å². The average molecular weight is 379 g/mol. The second-order valence-corrected chi connectivity index (χ2v) is 7.46. The number of hydrogen-bond donors (Lipinski definition) is 0. The van der Waals surface area contributed by atoms with Crippen LogP contribution in [-0.2, 0) is 22.6 Å². The van der Waals surface area contributed by atoms with Crippen LogP contribution < -0.4 is 0 Å². The number of halogens is 4. The smallest absolute Gasteiger partial charge is 0.261 e. The molecule has 0 atom stereocenters. The number of likely N-dealkylation sites (N-methyl/N-ethyl adjacent to an activating group) is 1. The molecule has 1 aromatic heterocycles. The first-order valence-electron chi connectivity index (χ1n) is 6.85. The van der Waals surface area contributed by atoms with Crippen molar-refractivity contribution in [3.8, 4) is 0 Å². The van der Waals surface area contributed by atoms with E-state index in [4.69, 9.17) is 11.6 Å². The topological polar surface area (TPSA) is 50.3 Å². The Hall–Kier alpha value is -1.64. The Morgan fingerprint density at radius 3 is 2.50 bits per heavy atom. The molecule has 0 spiro atoms. The van der Waals surface area contributed by atoms with E-state index in [1.807, 2.05) is 0 Å². The Bertz CT molecular complexity index is 811. The van der Waals surface area contributed by atoms with Gasteiger partial charge in [0.05, 0.1) is 10.6 Å². The van der Waals surface area contributed by atoms with E-state index in [-0.39, 0.29) is 11.6 Å². The van der Waals surface area contributed by atoms with Gasteiger partial charge in [-0.1, -0.05) is 17.7 Å². The van der Waals surface area contributed by atoms with Crippen LogP contribution in [0.2, 0.25) is 5.02 Å². The van der Waals surface area contributed by atoms with Gasteiger partial charge in [0, 0.05) is 31.9 Å². The zero-order valence-electron chi connectivity index (χ0n) is 12.6. The highest BCUT2D eigenvalue weighted by atomic mass is 35.5. The van der Waals surface area contributed by atoms with Crippen molar-refractivity contribution in [3.05, 3.63) is 58.9 Å². The van der Waals surface area contributed by atoms with Gasteiger partial charge in [-0.15, -0.1) is 0 Å². The molecule has 2 rings (SSSR count). The van der Waals surface area contributed by atoms with Gasteiger partial charge in [-0.2, -0.15) is 13.2 Å². The molecule has 0 aliphatic rings. The molecule has 0 aliphatic heterocycles. The van der Waals surface area contributed by atoms with Gasteiger partial charge in [0.1, 0.15) is 4.90 Å². The minimum absolute atomic E-state index is 0.0614. The fourth-order valence-electron chi connectivity index (χ4n) is 1.98. The lowest BCUT2D eigenvalue weighted by Gasteiger charge is -2.19. The monoisotopic (exact) mass is 378 g/mol. The van der Waals surface area contributed by atoms with Crippen LogP contribution in [0.1, 0.15) is 11.3 Å². The maximum atomic E-state index is 12.8. The summed E-state index contributed by atoms with van der Waals surface area (Å²) in [6.07, 6.45) is -2.75. The second-order valence-electron chi connectivity index (χ2n) is 5.04. The SMILES string of the molecule is CN(CCc1ccccn1)S(=O)(=O)c1cc(C(F)(F)F)ccc1Cl. The van der Waals surface area contributed by atoms with Gasteiger partial charge >= 0.3 is 6.18 Å². The highest BCUT2D eigenvalue weighted by molar-refractivity contribution is 7.89. The summed E-state index contributed by atoms with van der Waals surface area (Å²) in [5, 5.41) is -0.257. The molecule has 2 aromatic rings. The van der Waals surface area contributed by atoms with Crippen LogP contribution in [0, 0.1) is 0 Å². The fraction of sp³-hybridized carbons (Fsp3) is 0.267. The number of pyridine rings is 1. The molecule has 0 radical (unpaired) electrons. The van der Waals surface area contributed by atoms with Crippen molar-refractivity contribution in [2.45, 2.75) is 17.5 Å². The number of nitrogens with zero attached hydrogens (tertiary/aromatic N) is 2. The molecule has 0 fully saturated rings. The van der Waals surface area contributed by atoms with Crippen molar-refractivity contribution in [2.75, 3.05) is 13.6 Å². The van der Waals surface area contributed by atoms with Gasteiger partial charge in [-0.3, -0.25) is 4.98 Å². The number of benzene rings is 1. The maximum Gasteiger partial charge on any atom is 0.416 e. The number of aromatic nitrogens is 1. The van der Waals surface area contributed by atoms with E-state index in [1.165, 1.54) is 7.05 Å². The zero-order chi connectivity index (χ0) is 18.0. The molecule has 0 unspecified atom stereocenters. The molecule has 1 heterocycles. The van der Waals surface area contributed by atoms with Crippen LogP contribution >= 0.6 is 11.6 Å². The third kappa shape index (κ3) is 4.25. The first kappa shape index (κ1) is 18.7. The van der Waals surface area contributed by atoms with Gasteiger partial charge in [0.15, 0.2) is 0 Å². The third-order valence-electron chi connectivity index (χ3n) is 3.36. The summed E-state index contributed by atoms with van der Waals surface area (Å²) in [4.78, 5) is 3.51. The van der Waals surface area contributed by atoms with Crippen molar-refractivity contribution < 1.29 is 21.6 Å². The van der Waals surface area contributed by atoms with E-state index in [1.54, 1.807) is 24.4 Å². The molecule has 130 valence electrons. The van der Waals surface area contributed by atoms with E-state index in [0.717, 1.165) is 16.4 Å². The molecule has 0 bridgehead atoms. The number of sulfonamides is 1. The number of rotatable bonds is 5. The summed E-state index contributed by atoms with van der Waals surface area (Å²) < 4.78 is 64.4. The van der Waals surface area contributed by atoms with E-state index in [0.29, 0.717) is 18.2 Å². The summed E-state index contributed by atoms with van der Waals surface area (Å²) in [7, 11) is -2.86. The van der Waals surface area contributed by atoms with Crippen LogP contribution in [0.15, 0.2) is 47.5 Å². The Balaban J connectivity index is 2.26. The molecule has 24 heavy (non-hydrogen) atoms. The molecule has 0 saturated heterocycles. The van der Waals surface area contributed by atoms with Crippen molar-refractivity contribution in [1.29, 1.82) is 0 Å². The summed E-state index contributed by atoms with van der Waals surface area (Å²) in [5.41, 5.74) is -0.390. The van der Waals surface area contributed by atoms with Gasteiger partial charge in [0.25, 0.3) is 0 Å². The summed E-state index contributed by atoms with van der Waals surface area (Å²) >= 11 is 5.81. The molecule has 0 aliphatic carbocycles. The van der Waals surface area contributed by atoms with Crippen LogP contribution in [0.4, 0.5) is 13.2 Å². The summed E-state index contributed by atoms with van der Waals surface area (Å²) in [6.45, 7) is 0.0614. The van der Waals surface area contributed by atoms with Crippen LogP contribution in [-0.4, -0.2) is 31.3 Å². The normalized spacial score (nSPS) is 12.6. The highest BCUT2D eigenvalue weighted by Gasteiger charge is 2.33. The fourth-order valence-corrected chi connectivity index (χ4v) is 3.65. The lowest BCUT2D eigenvalue weighted by molar-refractivity contribution is -0.137. The van der Waals surface area contributed by atoms with Gasteiger partial charge in [-0.25, -0.2) is 12.7 Å². The largest absolute Gasteiger partial charge is 0.416 e. The molecule has 0 saturated carbocycles. The molecular formula is C15H14ClF3N2O2S. The predicted octanol–water partition coefficient (Wildman–Crippen LogP) is 3.62. The standard InChI is InChI=1S/C15H14ClF3N2O2S/c1-21(9-7-12-4-2-3-8-20-12)24(22,23)14-10-11(15(17,18)19)5-6-13(14)16/h2-6,8,10H,7,9H2,1H3. The van der Waals surface area contributed by atoms with Gasteiger partial charge < -0.3 is 0 Å². The highest BCUT2D eigenvalue weighted by Crippen LogP contribution is 2.34. The quantitative estimate of drug-likeness (QED) is 0.798. The first-order chi connectivity index (χ1) is 11.1. The van der Waals surface area contributed by atoms with Crippen molar-refractivity contribution in [3.63, 3.8) is 0 Å². The molecule has 1 aromatic carbocycles. The molecule has 9 heteroatoms. The summed E-state index contributed by atoms with van der Waals surface area (Å²) in [6, 6.07) is 7.46. The van der Waals surface area contributed by atoms with Crippen LogP contribution in [0.3, 0.4) is 0 Å². The van der Waals surface area contributed by atoms with Crippen molar-refractivity contribution in [2.24, 2.45) is 0 Å². The molecule has 0 N–H and O–H groups in total. The van der Waals surface area contributed by atoms with E-state index in [2.05, 4.69) is 4.98 Å². The molecule has 4 nitrogen and oxygen atoms in total. The van der Waals surface area contributed by atoms with Crippen LogP contribution in [0.25, 0.3) is 0 Å². The number of hydrogen-bond acceptors (Lipinski definition) is 3. The average Bonchev–Trinajstić information content (AvgIpc) is 2.52.